The summed E-state index contributed by atoms with van der Waals surface area (Å²) in [7, 11) is 0. The molecule has 11 heteroatoms. The van der Waals surface area contributed by atoms with Crippen LogP contribution in [0.1, 0.15) is 15.9 Å². The smallest absolute Gasteiger partial charge is 0.416 e. The van der Waals surface area contributed by atoms with Crippen molar-refractivity contribution in [2.75, 3.05) is 23.3 Å². The van der Waals surface area contributed by atoms with Crippen LogP contribution >= 0.6 is 0 Å². The lowest BCUT2D eigenvalue weighted by atomic mass is 10.1. The number of hydrogen-bond acceptors (Lipinski definition) is 6. The second kappa shape index (κ2) is 8.17. The molecule has 0 aliphatic carbocycles. The summed E-state index contributed by atoms with van der Waals surface area (Å²) < 4.78 is 57.6. The first-order chi connectivity index (χ1) is 14.8. The van der Waals surface area contributed by atoms with E-state index in [0.29, 0.717) is 36.1 Å². The molecule has 2 aromatic heterocycles. The number of ether oxygens (including phenoxy) is 1. The number of benzene rings is 1. The van der Waals surface area contributed by atoms with E-state index in [1.165, 1.54) is 24.8 Å². The highest BCUT2D eigenvalue weighted by Crippen LogP contribution is 2.33. The Hall–Kier alpha value is -3.76. The van der Waals surface area contributed by atoms with Crippen LogP contribution in [0, 0.1) is 5.82 Å². The van der Waals surface area contributed by atoms with Gasteiger partial charge in [0.25, 0.3) is 5.91 Å². The van der Waals surface area contributed by atoms with Gasteiger partial charge in [0.1, 0.15) is 17.7 Å². The van der Waals surface area contributed by atoms with E-state index in [1.807, 2.05) is 0 Å². The van der Waals surface area contributed by atoms with E-state index in [1.54, 1.807) is 17.0 Å². The van der Waals surface area contributed by atoms with E-state index in [-0.39, 0.29) is 11.7 Å². The molecule has 1 saturated heterocycles. The summed E-state index contributed by atoms with van der Waals surface area (Å²) >= 11 is 0. The van der Waals surface area contributed by atoms with Crippen LogP contribution in [0.3, 0.4) is 0 Å². The maximum Gasteiger partial charge on any atom is 0.416 e. The van der Waals surface area contributed by atoms with Crippen LogP contribution in [0.2, 0.25) is 0 Å². The highest BCUT2D eigenvalue weighted by atomic mass is 19.4. The number of amides is 1. The predicted octanol–water partition coefficient (Wildman–Crippen LogP) is 3.55. The summed E-state index contributed by atoms with van der Waals surface area (Å²) in [6.07, 6.45) is 0.692. The molecule has 160 valence electrons. The third kappa shape index (κ3) is 4.71. The highest BCUT2D eigenvalue weighted by Gasteiger charge is 2.34. The van der Waals surface area contributed by atoms with Crippen molar-refractivity contribution in [3.63, 3.8) is 0 Å². The SMILES string of the molecule is O=C(Nc1ccnnc1)c1ccncc1N1CC(Oc2cc(F)cc(C(F)(F)F)c2)C1. The Balaban J connectivity index is 1.43. The van der Waals surface area contributed by atoms with Crippen molar-refractivity contribution >= 4 is 17.3 Å². The second-order valence-corrected chi connectivity index (χ2v) is 6.80. The topological polar surface area (TPSA) is 80.2 Å². The van der Waals surface area contributed by atoms with Crippen LogP contribution in [-0.4, -0.2) is 40.3 Å². The zero-order valence-electron chi connectivity index (χ0n) is 15.8. The minimum Gasteiger partial charge on any atom is -0.487 e. The molecule has 31 heavy (non-hydrogen) atoms. The molecule has 0 saturated carbocycles. The summed E-state index contributed by atoms with van der Waals surface area (Å²) in [5.41, 5.74) is 0.252. The van der Waals surface area contributed by atoms with Crippen molar-refractivity contribution in [1.29, 1.82) is 0 Å². The third-order valence-electron chi connectivity index (χ3n) is 4.58. The molecule has 0 unspecified atom stereocenters. The van der Waals surface area contributed by atoms with Crippen LogP contribution in [-0.2, 0) is 6.18 Å². The maximum atomic E-state index is 13.5. The van der Waals surface area contributed by atoms with Gasteiger partial charge in [-0.15, -0.1) is 0 Å². The van der Waals surface area contributed by atoms with E-state index >= 15 is 0 Å². The second-order valence-electron chi connectivity index (χ2n) is 6.80. The van der Waals surface area contributed by atoms with E-state index < -0.39 is 23.7 Å². The normalized spacial score (nSPS) is 14.1. The summed E-state index contributed by atoms with van der Waals surface area (Å²) in [4.78, 5) is 18.5. The molecule has 4 rings (SSSR count). The van der Waals surface area contributed by atoms with E-state index in [9.17, 15) is 22.4 Å². The zero-order chi connectivity index (χ0) is 22.0. The van der Waals surface area contributed by atoms with Gasteiger partial charge in [-0.1, -0.05) is 0 Å². The van der Waals surface area contributed by atoms with Gasteiger partial charge in [-0.3, -0.25) is 9.78 Å². The molecule has 0 spiro atoms. The molecule has 1 aliphatic heterocycles. The zero-order valence-corrected chi connectivity index (χ0v) is 15.8. The van der Waals surface area contributed by atoms with E-state index in [4.69, 9.17) is 4.74 Å². The Kier molecular flexibility index (Phi) is 5.40. The van der Waals surface area contributed by atoms with Crippen LogP contribution < -0.4 is 15.0 Å². The average molecular weight is 433 g/mol. The number of carbonyl (C=O) groups excluding carboxylic acids is 1. The van der Waals surface area contributed by atoms with Crippen molar-refractivity contribution in [3.05, 3.63) is 72.1 Å². The van der Waals surface area contributed by atoms with E-state index in [0.717, 1.165) is 12.1 Å². The first-order valence-electron chi connectivity index (χ1n) is 9.11. The summed E-state index contributed by atoms with van der Waals surface area (Å²) in [6, 6.07) is 5.23. The molecule has 0 radical (unpaired) electrons. The lowest BCUT2D eigenvalue weighted by Gasteiger charge is -2.41. The summed E-state index contributed by atoms with van der Waals surface area (Å²) in [5, 5.41) is 10.0. The van der Waals surface area contributed by atoms with Gasteiger partial charge in [-0.05, 0) is 24.3 Å². The standard InChI is InChI=1S/C20H15F4N5O2/c21-13-5-12(20(22,23)24)6-15(7-13)31-16-10-29(11-16)18-9-25-3-2-17(18)19(30)28-14-1-4-26-27-8-14/h1-9,16H,10-11H2,(H,26,28,30). The molecule has 3 aromatic rings. The predicted molar refractivity (Wildman–Crippen MR) is 102 cm³/mol. The summed E-state index contributed by atoms with van der Waals surface area (Å²) in [6.45, 7) is 0.585. The van der Waals surface area contributed by atoms with Gasteiger partial charge < -0.3 is 15.0 Å². The number of carbonyl (C=O) groups is 1. The van der Waals surface area contributed by atoms with Gasteiger partial charge in [0, 0.05) is 12.3 Å². The Morgan fingerprint density at radius 2 is 1.90 bits per heavy atom. The van der Waals surface area contributed by atoms with Crippen molar-refractivity contribution in [1.82, 2.24) is 15.2 Å². The Bertz CT molecular complexity index is 1090. The van der Waals surface area contributed by atoms with Gasteiger partial charge in [-0.25, -0.2) is 4.39 Å². The Morgan fingerprint density at radius 3 is 2.61 bits per heavy atom. The maximum absolute atomic E-state index is 13.5. The first kappa shape index (κ1) is 20.5. The summed E-state index contributed by atoms with van der Waals surface area (Å²) in [5.74, 6) is -1.61. The Labute approximate surface area is 173 Å². The number of rotatable bonds is 5. The largest absolute Gasteiger partial charge is 0.487 e. The van der Waals surface area contributed by atoms with Gasteiger partial charge in [-0.2, -0.15) is 23.4 Å². The van der Waals surface area contributed by atoms with Crippen molar-refractivity contribution < 1.29 is 27.1 Å². The number of halogens is 4. The number of anilines is 2. The number of nitrogens with one attached hydrogen (secondary N) is 1. The number of aromatic nitrogens is 3. The lowest BCUT2D eigenvalue weighted by molar-refractivity contribution is -0.137. The quantitative estimate of drug-likeness (QED) is 0.620. The molecule has 0 atom stereocenters. The van der Waals surface area contributed by atoms with Crippen LogP contribution in [0.5, 0.6) is 5.75 Å². The van der Waals surface area contributed by atoms with Crippen molar-refractivity contribution in [2.24, 2.45) is 0 Å². The first-order valence-corrected chi connectivity index (χ1v) is 9.11. The van der Waals surface area contributed by atoms with Crippen LogP contribution in [0.25, 0.3) is 0 Å². The van der Waals surface area contributed by atoms with Gasteiger partial charge in [0.05, 0.1) is 54.2 Å². The fourth-order valence-electron chi connectivity index (χ4n) is 3.09. The molecule has 0 bridgehead atoms. The van der Waals surface area contributed by atoms with Crippen molar-refractivity contribution in [3.8, 4) is 5.75 Å². The molecule has 7 nitrogen and oxygen atoms in total. The van der Waals surface area contributed by atoms with Gasteiger partial charge in [0.2, 0.25) is 0 Å². The number of alkyl halides is 3. The third-order valence-corrected chi connectivity index (χ3v) is 4.58. The molecule has 1 fully saturated rings. The highest BCUT2D eigenvalue weighted by molar-refractivity contribution is 6.08. The van der Waals surface area contributed by atoms with Crippen LogP contribution in [0.4, 0.5) is 28.9 Å². The molecule has 1 aliphatic rings. The monoisotopic (exact) mass is 433 g/mol. The number of pyridine rings is 1. The molecular weight excluding hydrogens is 418 g/mol. The minimum atomic E-state index is -4.67. The molecule has 1 aromatic carbocycles. The fraction of sp³-hybridized carbons (Fsp3) is 0.200. The minimum absolute atomic E-state index is 0.202. The number of nitrogens with zero attached hydrogens (tertiary/aromatic N) is 4. The molecule has 1 N–H and O–H groups in total. The van der Waals surface area contributed by atoms with Gasteiger partial charge in [0.15, 0.2) is 0 Å². The Morgan fingerprint density at radius 1 is 1.10 bits per heavy atom. The fourth-order valence-corrected chi connectivity index (χ4v) is 3.09. The lowest BCUT2D eigenvalue weighted by Crippen LogP contribution is -2.54. The molecule has 1 amide bonds. The van der Waals surface area contributed by atoms with Crippen molar-refractivity contribution in [2.45, 2.75) is 12.3 Å². The van der Waals surface area contributed by atoms with Gasteiger partial charge >= 0.3 is 6.18 Å². The molecule has 3 heterocycles. The average Bonchev–Trinajstić information content (AvgIpc) is 2.70. The van der Waals surface area contributed by atoms with E-state index in [2.05, 4.69) is 20.5 Å². The molecular formula is C20H15F4N5O2. The number of hydrogen-bond donors (Lipinski definition) is 1. The van der Waals surface area contributed by atoms with Crippen LogP contribution in [0.15, 0.2) is 55.1 Å².